The molecule has 5 rings (SSSR count). The van der Waals surface area contributed by atoms with E-state index in [4.69, 9.17) is 9.97 Å². The van der Waals surface area contributed by atoms with Gasteiger partial charge in [-0.3, -0.25) is 4.98 Å². The summed E-state index contributed by atoms with van der Waals surface area (Å²) < 4.78 is 2.19. The van der Waals surface area contributed by atoms with Crippen LogP contribution in [0, 0.1) is 0 Å². The number of hydrogen-bond acceptors (Lipinski definition) is 8. The zero-order chi connectivity index (χ0) is 22.6. The number of imidazole rings is 1. The van der Waals surface area contributed by atoms with Crippen molar-refractivity contribution >= 4 is 34.3 Å². The molecule has 1 saturated carbocycles. The Morgan fingerprint density at radius 1 is 1.18 bits per heavy atom. The summed E-state index contributed by atoms with van der Waals surface area (Å²) in [5.41, 5.74) is 4.78. The number of hydrogen-bond donors (Lipinski definition) is 3. The Hall–Kier alpha value is -3.04. The zero-order valence-corrected chi connectivity index (χ0v) is 19.6. The highest BCUT2D eigenvalue weighted by Gasteiger charge is 2.22. The van der Waals surface area contributed by atoms with E-state index in [1.54, 1.807) is 11.3 Å². The SMILES string of the molecule is CC[C@H](CO)Nc1nc(NCc2ccc(-c3ccsc3)nc2)c2ncn(C3CCCC3)c2n1. The van der Waals surface area contributed by atoms with Gasteiger partial charge in [-0.15, -0.1) is 0 Å². The highest BCUT2D eigenvalue weighted by atomic mass is 32.1. The number of aromatic nitrogens is 5. The van der Waals surface area contributed by atoms with Gasteiger partial charge in [0.05, 0.1) is 24.7 Å². The molecule has 1 aliphatic rings. The zero-order valence-electron chi connectivity index (χ0n) is 18.7. The predicted molar refractivity (Wildman–Crippen MR) is 132 cm³/mol. The van der Waals surface area contributed by atoms with Crippen LogP contribution in [-0.4, -0.2) is 42.3 Å². The predicted octanol–water partition coefficient (Wildman–Crippen LogP) is 4.86. The monoisotopic (exact) mass is 463 g/mol. The minimum atomic E-state index is -0.0907. The van der Waals surface area contributed by atoms with Crippen molar-refractivity contribution in [2.45, 2.75) is 57.7 Å². The van der Waals surface area contributed by atoms with Crippen LogP contribution in [0.5, 0.6) is 0 Å². The molecule has 4 aromatic rings. The molecule has 0 aliphatic heterocycles. The first kappa shape index (κ1) is 21.8. The van der Waals surface area contributed by atoms with E-state index < -0.39 is 0 Å². The van der Waals surface area contributed by atoms with E-state index in [1.807, 2.05) is 25.5 Å². The third kappa shape index (κ3) is 4.69. The first-order chi connectivity index (χ1) is 16.2. The first-order valence-corrected chi connectivity index (χ1v) is 12.5. The van der Waals surface area contributed by atoms with Crippen molar-refractivity contribution in [3.63, 3.8) is 0 Å². The maximum atomic E-state index is 9.64. The van der Waals surface area contributed by atoms with Gasteiger partial charge in [0.2, 0.25) is 5.95 Å². The van der Waals surface area contributed by atoms with Crippen molar-refractivity contribution in [3.8, 4) is 11.3 Å². The second-order valence-electron chi connectivity index (χ2n) is 8.51. The molecule has 33 heavy (non-hydrogen) atoms. The molecule has 0 amide bonds. The van der Waals surface area contributed by atoms with Gasteiger partial charge in [0.15, 0.2) is 17.0 Å². The number of anilines is 2. The van der Waals surface area contributed by atoms with Crippen molar-refractivity contribution in [2.24, 2.45) is 0 Å². The third-order valence-corrected chi connectivity index (χ3v) is 6.97. The average molecular weight is 464 g/mol. The minimum Gasteiger partial charge on any atom is -0.394 e. The van der Waals surface area contributed by atoms with Gasteiger partial charge in [-0.2, -0.15) is 21.3 Å². The molecule has 1 aliphatic carbocycles. The van der Waals surface area contributed by atoms with Crippen LogP contribution in [0.3, 0.4) is 0 Å². The molecule has 3 N–H and O–H groups in total. The fourth-order valence-corrected chi connectivity index (χ4v) is 4.96. The Labute approximate surface area is 197 Å². The molecule has 4 aromatic heterocycles. The van der Waals surface area contributed by atoms with Gasteiger partial charge in [-0.05, 0) is 42.3 Å². The standard InChI is InChI=1S/C24H29N7OS/c1-2-18(13-32)28-24-29-22(21-23(30-24)31(15-27-21)19-5-3-4-6-19)26-12-16-7-8-20(25-11-16)17-9-10-33-14-17/h7-11,14-15,18-19,32H,2-6,12-13H2,1H3,(H2,26,28,29,30)/t18-/m1/s1. The van der Waals surface area contributed by atoms with Gasteiger partial charge in [-0.1, -0.05) is 25.8 Å². The number of nitrogens with one attached hydrogen (secondary N) is 2. The molecule has 0 spiro atoms. The van der Waals surface area contributed by atoms with E-state index >= 15 is 0 Å². The number of fused-ring (bicyclic) bond motifs is 1. The smallest absolute Gasteiger partial charge is 0.227 e. The Balaban J connectivity index is 1.41. The number of aliphatic hydroxyl groups is 1. The van der Waals surface area contributed by atoms with Crippen molar-refractivity contribution in [1.82, 2.24) is 24.5 Å². The fourth-order valence-electron chi connectivity index (χ4n) is 4.31. The number of thiophene rings is 1. The van der Waals surface area contributed by atoms with Crippen molar-refractivity contribution < 1.29 is 5.11 Å². The summed E-state index contributed by atoms with van der Waals surface area (Å²) in [5.74, 6) is 1.20. The van der Waals surface area contributed by atoms with E-state index in [-0.39, 0.29) is 12.6 Å². The normalized spacial score (nSPS) is 15.2. The lowest BCUT2D eigenvalue weighted by molar-refractivity contribution is 0.271. The summed E-state index contributed by atoms with van der Waals surface area (Å²) in [6.45, 7) is 2.64. The van der Waals surface area contributed by atoms with Crippen LogP contribution >= 0.6 is 11.3 Å². The maximum Gasteiger partial charge on any atom is 0.227 e. The summed E-state index contributed by atoms with van der Waals surface area (Å²) in [5, 5.41) is 20.5. The number of nitrogens with zero attached hydrogens (tertiary/aromatic N) is 5. The van der Waals surface area contributed by atoms with E-state index in [2.05, 4.69) is 48.1 Å². The minimum absolute atomic E-state index is 0.0324. The van der Waals surface area contributed by atoms with Gasteiger partial charge in [-0.25, -0.2) is 4.98 Å². The highest BCUT2D eigenvalue weighted by Crippen LogP contribution is 2.33. The van der Waals surface area contributed by atoms with E-state index in [1.165, 1.54) is 12.8 Å². The summed E-state index contributed by atoms with van der Waals surface area (Å²) in [6.07, 6.45) is 9.35. The molecule has 8 nitrogen and oxygen atoms in total. The average Bonchev–Trinajstić information content (AvgIpc) is 3.62. The van der Waals surface area contributed by atoms with Crippen LogP contribution in [-0.2, 0) is 6.54 Å². The molecule has 0 saturated heterocycles. The van der Waals surface area contributed by atoms with E-state index in [0.717, 1.165) is 47.2 Å². The molecule has 9 heteroatoms. The van der Waals surface area contributed by atoms with Gasteiger partial charge in [0.25, 0.3) is 0 Å². The molecule has 1 fully saturated rings. The van der Waals surface area contributed by atoms with Crippen LogP contribution < -0.4 is 10.6 Å². The molecular weight excluding hydrogens is 434 g/mol. The molecular formula is C24H29N7OS. The van der Waals surface area contributed by atoms with Gasteiger partial charge in [0, 0.05) is 29.7 Å². The Kier molecular flexibility index (Phi) is 6.50. The van der Waals surface area contributed by atoms with E-state index in [0.29, 0.717) is 24.4 Å². The number of aliphatic hydroxyl groups excluding tert-OH is 1. The Morgan fingerprint density at radius 2 is 2.06 bits per heavy atom. The summed E-state index contributed by atoms with van der Waals surface area (Å²) in [4.78, 5) is 18.8. The summed E-state index contributed by atoms with van der Waals surface area (Å²) in [7, 11) is 0. The quantitative estimate of drug-likeness (QED) is 0.326. The second kappa shape index (κ2) is 9.84. The largest absolute Gasteiger partial charge is 0.394 e. The number of pyridine rings is 1. The Bertz CT molecular complexity index is 1180. The van der Waals surface area contributed by atoms with Gasteiger partial charge < -0.3 is 20.3 Å². The molecule has 172 valence electrons. The fraction of sp³-hybridized carbons (Fsp3) is 0.417. The van der Waals surface area contributed by atoms with Crippen LogP contribution in [0.4, 0.5) is 11.8 Å². The molecule has 4 heterocycles. The summed E-state index contributed by atoms with van der Waals surface area (Å²) in [6, 6.07) is 6.55. The topological polar surface area (TPSA) is 101 Å². The first-order valence-electron chi connectivity index (χ1n) is 11.6. The Morgan fingerprint density at radius 3 is 2.76 bits per heavy atom. The molecule has 0 unspecified atom stereocenters. The lowest BCUT2D eigenvalue weighted by Gasteiger charge is -2.17. The van der Waals surface area contributed by atoms with Crippen molar-refractivity contribution in [1.29, 1.82) is 0 Å². The van der Waals surface area contributed by atoms with Crippen LogP contribution in [0.25, 0.3) is 22.4 Å². The highest BCUT2D eigenvalue weighted by molar-refractivity contribution is 7.08. The molecule has 0 bridgehead atoms. The van der Waals surface area contributed by atoms with Crippen molar-refractivity contribution in [2.75, 3.05) is 17.2 Å². The maximum absolute atomic E-state index is 9.64. The number of rotatable bonds is 9. The van der Waals surface area contributed by atoms with Gasteiger partial charge >= 0.3 is 0 Å². The van der Waals surface area contributed by atoms with E-state index in [9.17, 15) is 5.11 Å². The molecule has 0 radical (unpaired) electrons. The van der Waals surface area contributed by atoms with Crippen LogP contribution in [0.2, 0.25) is 0 Å². The second-order valence-corrected chi connectivity index (χ2v) is 9.29. The van der Waals surface area contributed by atoms with Gasteiger partial charge in [0.1, 0.15) is 0 Å². The lowest BCUT2D eigenvalue weighted by Crippen LogP contribution is -2.24. The van der Waals surface area contributed by atoms with Crippen LogP contribution in [0.15, 0.2) is 41.5 Å². The summed E-state index contributed by atoms with van der Waals surface area (Å²) >= 11 is 1.67. The lowest BCUT2D eigenvalue weighted by atomic mass is 10.2. The van der Waals surface area contributed by atoms with Crippen molar-refractivity contribution in [3.05, 3.63) is 47.0 Å². The molecule has 0 aromatic carbocycles. The third-order valence-electron chi connectivity index (χ3n) is 6.29. The molecule has 1 atom stereocenters. The van der Waals surface area contributed by atoms with Crippen LogP contribution in [0.1, 0.15) is 50.6 Å².